The minimum Gasteiger partial charge on any atom is -0.464 e. The summed E-state index contributed by atoms with van der Waals surface area (Å²) in [5, 5.41) is 0. The Morgan fingerprint density at radius 2 is 0.881 bits per heavy atom. The van der Waals surface area contributed by atoms with E-state index < -0.39 is 12.0 Å². The van der Waals surface area contributed by atoms with Crippen LogP contribution in [0.15, 0.2) is 0 Å². The van der Waals surface area contributed by atoms with Crippen LogP contribution >= 0.6 is 0 Å². The van der Waals surface area contributed by atoms with Crippen LogP contribution in [0.25, 0.3) is 0 Å². The average Bonchev–Trinajstić information content (AvgIpc) is 2.98. The summed E-state index contributed by atoms with van der Waals surface area (Å²) >= 11 is 0. The molecule has 42 heavy (non-hydrogen) atoms. The summed E-state index contributed by atoms with van der Waals surface area (Å²) in [4.78, 5) is 41.0. The second-order valence-electron chi connectivity index (χ2n) is 12.3. The minimum absolute atomic E-state index is 0.218. The molecule has 2 amide bonds. The smallest absolute Gasteiger partial charge is 0.329 e. The SMILES string of the molecule is CCCCCCCCCCCCCC(=O)N(C(=O)CCCCCCCCCCCCC)[C@@H](CCCCN)C(=O)OCC. The van der Waals surface area contributed by atoms with E-state index in [9.17, 15) is 14.4 Å². The highest BCUT2D eigenvalue weighted by molar-refractivity contribution is 5.99. The maximum atomic E-state index is 13.4. The average molecular weight is 595 g/mol. The molecule has 0 heterocycles. The molecule has 0 saturated heterocycles. The summed E-state index contributed by atoms with van der Waals surface area (Å²) in [6, 6.07) is -0.836. The Labute approximate surface area is 260 Å². The molecule has 0 fully saturated rings. The van der Waals surface area contributed by atoms with Crippen molar-refractivity contribution in [3.63, 3.8) is 0 Å². The van der Waals surface area contributed by atoms with Gasteiger partial charge in [0.05, 0.1) is 6.61 Å². The van der Waals surface area contributed by atoms with Gasteiger partial charge in [-0.15, -0.1) is 0 Å². The molecule has 0 aliphatic rings. The zero-order valence-corrected chi connectivity index (χ0v) is 28.2. The number of amides is 2. The van der Waals surface area contributed by atoms with E-state index in [1.807, 2.05) is 0 Å². The molecule has 6 heteroatoms. The molecule has 0 unspecified atom stereocenters. The van der Waals surface area contributed by atoms with E-state index in [-0.39, 0.29) is 18.4 Å². The molecule has 0 rings (SSSR count). The van der Waals surface area contributed by atoms with Crippen molar-refractivity contribution in [3.8, 4) is 0 Å². The van der Waals surface area contributed by atoms with Crippen molar-refractivity contribution in [2.75, 3.05) is 13.2 Å². The van der Waals surface area contributed by atoms with Gasteiger partial charge in [-0.1, -0.05) is 142 Å². The molecule has 2 N–H and O–H groups in total. The van der Waals surface area contributed by atoms with Gasteiger partial charge in [0.15, 0.2) is 0 Å². The van der Waals surface area contributed by atoms with Crippen LogP contribution in [0.2, 0.25) is 0 Å². The summed E-state index contributed by atoms with van der Waals surface area (Å²) in [5.41, 5.74) is 5.68. The molecule has 0 aliphatic heterocycles. The number of esters is 1. The lowest BCUT2D eigenvalue weighted by Gasteiger charge is -2.29. The monoisotopic (exact) mass is 595 g/mol. The lowest BCUT2D eigenvalue weighted by atomic mass is 10.0. The summed E-state index contributed by atoms with van der Waals surface area (Å²) in [6.45, 7) is 7.02. The van der Waals surface area contributed by atoms with Crippen LogP contribution < -0.4 is 5.73 Å². The lowest BCUT2D eigenvalue weighted by molar-refractivity contribution is -0.161. The number of hydrogen-bond donors (Lipinski definition) is 1. The molecule has 1 atom stereocenters. The zero-order valence-electron chi connectivity index (χ0n) is 28.2. The third kappa shape index (κ3) is 23.1. The highest BCUT2D eigenvalue weighted by Gasteiger charge is 2.34. The standard InChI is InChI=1S/C36H70N2O4/c1-4-7-9-11-13-15-17-19-21-23-25-30-34(39)38(33(29-27-28-32-37)36(41)42-6-3)35(40)31-26-24-22-20-18-16-14-12-10-8-5-2/h33H,4-32,37H2,1-3H3/t33-/m0/s1. The van der Waals surface area contributed by atoms with Gasteiger partial charge in [0, 0.05) is 12.8 Å². The van der Waals surface area contributed by atoms with Crippen molar-refractivity contribution in [2.45, 2.75) is 200 Å². The third-order valence-corrected chi connectivity index (χ3v) is 8.33. The van der Waals surface area contributed by atoms with E-state index >= 15 is 0 Å². The summed E-state index contributed by atoms with van der Waals surface area (Å²) in [5.74, 6) is -0.899. The predicted octanol–water partition coefficient (Wildman–Crippen LogP) is 9.80. The van der Waals surface area contributed by atoms with E-state index in [1.165, 1.54) is 108 Å². The van der Waals surface area contributed by atoms with Crippen LogP contribution in [0, 0.1) is 0 Å². The van der Waals surface area contributed by atoms with Crippen molar-refractivity contribution in [1.29, 1.82) is 0 Å². The summed E-state index contributed by atoms with van der Waals surface area (Å²) < 4.78 is 5.32. The number of imide groups is 1. The Kier molecular flexibility index (Phi) is 30.0. The first-order valence-electron chi connectivity index (χ1n) is 18.2. The normalized spacial score (nSPS) is 11.9. The van der Waals surface area contributed by atoms with Crippen molar-refractivity contribution in [2.24, 2.45) is 5.73 Å². The highest BCUT2D eigenvalue weighted by atomic mass is 16.5. The van der Waals surface area contributed by atoms with Crippen molar-refractivity contribution < 1.29 is 19.1 Å². The molecule has 0 saturated carbocycles. The van der Waals surface area contributed by atoms with E-state index in [2.05, 4.69) is 13.8 Å². The molecular formula is C36H70N2O4. The molecule has 0 aromatic heterocycles. The Hall–Kier alpha value is -1.43. The molecule has 0 aromatic carbocycles. The quantitative estimate of drug-likeness (QED) is 0.0637. The van der Waals surface area contributed by atoms with Gasteiger partial charge < -0.3 is 10.5 Å². The third-order valence-electron chi connectivity index (χ3n) is 8.33. The molecule has 0 bridgehead atoms. The molecule has 0 aromatic rings. The Bertz CT molecular complexity index is 602. The van der Waals surface area contributed by atoms with Gasteiger partial charge in [-0.2, -0.15) is 0 Å². The number of hydrogen-bond acceptors (Lipinski definition) is 5. The minimum atomic E-state index is -0.836. The molecule has 6 nitrogen and oxygen atoms in total. The number of rotatable bonds is 31. The first-order valence-corrected chi connectivity index (χ1v) is 18.2. The van der Waals surface area contributed by atoms with Crippen LogP contribution in [0.3, 0.4) is 0 Å². The van der Waals surface area contributed by atoms with E-state index in [4.69, 9.17) is 10.5 Å². The summed E-state index contributed by atoms with van der Waals surface area (Å²) in [7, 11) is 0. The van der Waals surface area contributed by atoms with Crippen LogP contribution in [0.4, 0.5) is 0 Å². The van der Waals surface area contributed by atoms with Gasteiger partial charge in [0.25, 0.3) is 0 Å². The highest BCUT2D eigenvalue weighted by Crippen LogP contribution is 2.19. The number of ether oxygens (including phenoxy) is 1. The second-order valence-corrected chi connectivity index (χ2v) is 12.3. The number of carbonyl (C=O) groups excluding carboxylic acids is 3. The number of unbranched alkanes of at least 4 members (excludes halogenated alkanes) is 21. The van der Waals surface area contributed by atoms with E-state index in [1.54, 1.807) is 6.92 Å². The van der Waals surface area contributed by atoms with Crippen LogP contribution in [0.1, 0.15) is 194 Å². The maximum absolute atomic E-state index is 13.4. The van der Waals surface area contributed by atoms with Gasteiger partial charge >= 0.3 is 5.97 Å². The maximum Gasteiger partial charge on any atom is 0.329 e. The zero-order chi connectivity index (χ0) is 31.1. The van der Waals surface area contributed by atoms with E-state index in [0.29, 0.717) is 32.2 Å². The van der Waals surface area contributed by atoms with Gasteiger partial charge in [0.1, 0.15) is 6.04 Å². The molecular weight excluding hydrogens is 524 g/mol. The van der Waals surface area contributed by atoms with Gasteiger partial charge in [-0.25, -0.2) is 4.79 Å². The van der Waals surface area contributed by atoms with Crippen molar-refractivity contribution in [3.05, 3.63) is 0 Å². The fraction of sp³-hybridized carbons (Fsp3) is 0.917. The van der Waals surface area contributed by atoms with Crippen LogP contribution in [-0.4, -0.2) is 41.9 Å². The second kappa shape index (κ2) is 31.0. The molecule has 0 aliphatic carbocycles. The molecule has 0 spiro atoms. The fourth-order valence-electron chi connectivity index (χ4n) is 5.68. The Morgan fingerprint density at radius 1 is 0.524 bits per heavy atom. The topological polar surface area (TPSA) is 89.7 Å². The first-order chi connectivity index (χ1) is 20.5. The van der Waals surface area contributed by atoms with Crippen LogP contribution in [0.5, 0.6) is 0 Å². The van der Waals surface area contributed by atoms with Crippen molar-refractivity contribution >= 4 is 17.8 Å². The largest absolute Gasteiger partial charge is 0.464 e. The Morgan fingerprint density at radius 3 is 1.21 bits per heavy atom. The summed E-state index contributed by atoms with van der Waals surface area (Å²) in [6.07, 6.45) is 29.1. The van der Waals surface area contributed by atoms with E-state index in [0.717, 1.165) is 44.9 Å². The molecule has 0 radical (unpaired) electrons. The van der Waals surface area contributed by atoms with Gasteiger partial charge in [-0.3, -0.25) is 14.5 Å². The number of nitrogens with two attached hydrogens (primary N) is 1. The first kappa shape index (κ1) is 40.6. The van der Waals surface area contributed by atoms with Crippen molar-refractivity contribution in [1.82, 2.24) is 4.90 Å². The number of carbonyl (C=O) groups is 3. The number of nitrogens with zero attached hydrogens (tertiary/aromatic N) is 1. The fourth-order valence-corrected chi connectivity index (χ4v) is 5.68. The lowest BCUT2D eigenvalue weighted by Crippen LogP contribution is -2.49. The molecule has 248 valence electrons. The predicted molar refractivity (Wildman–Crippen MR) is 177 cm³/mol. The van der Waals surface area contributed by atoms with Gasteiger partial charge in [0.2, 0.25) is 11.8 Å². The Balaban J connectivity index is 4.72. The van der Waals surface area contributed by atoms with Gasteiger partial charge in [-0.05, 0) is 45.6 Å². The van der Waals surface area contributed by atoms with Crippen LogP contribution in [-0.2, 0) is 19.1 Å².